The Hall–Kier alpha value is -3.90. The van der Waals surface area contributed by atoms with Crippen LogP contribution in [-0.4, -0.2) is 71.4 Å². The van der Waals surface area contributed by atoms with Crippen molar-refractivity contribution in [2.24, 2.45) is 5.41 Å². The number of fused-ring (bicyclic) bond motifs is 6. The number of pyridine rings is 1. The minimum atomic E-state index is -4.79. The number of hydrogen-bond donors (Lipinski definition) is 2. The molecule has 0 saturated carbocycles. The lowest BCUT2D eigenvalue weighted by atomic mass is 9.94. The summed E-state index contributed by atoms with van der Waals surface area (Å²) >= 11 is 0.934. The predicted molar refractivity (Wildman–Crippen MR) is 176 cm³/mol. The molecule has 5 rings (SSSR count). The summed E-state index contributed by atoms with van der Waals surface area (Å²) in [5, 5.41) is 13.9. The van der Waals surface area contributed by atoms with E-state index >= 15 is 0 Å². The van der Waals surface area contributed by atoms with Crippen molar-refractivity contribution in [2.45, 2.75) is 75.9 Å². The number of aromatic nitrogens is 4. The second-order valence-electron chi connectivity index (χ2n) is 12.5. The van der Waals surface area contributed by atoms with E-state index in [2.05, 4.69) is 19.8 Å². The average molecular weight is 747 g/mol. The molecule has 4 aromatic rings. The van der Waals surface area contributed by atoms with E-state index in [-0.39, 0.29) is 23.4 Å². The van der Waals surface area contributed by atoms with Crippen molar-refractivity contribution < 1.29 is 44.6 Å². The van der Waals surface area contributed by atoms with Crippen molar-refractivity contribution in [3.05, 3.63) is 60.3 Å². The van der Waals surface area contributed by atoms with E-state index in [1.807, 2.05) is 24.3 Å². The van der Waals surface area contributed by atoms with E-state index in [0.29, 0.717) is 35.6 Å². The number of rotatable bonds is 7. The maximum atomic E-state index is 13.6. The zero-order valence-electron chi connectivity index (χ0n) is 27.1. The molecule has 18 heteroatoms. The largest absolute Gasteiger partial charge is 0.476 e. The highest BCUT2D eigenvalue weighted by Gasteiger charge is 2.48. The molecule has 1 aliphatic heterocycles. The summed E-state index contributed by atoms with van der Waals surface area (Å²) in [6.45, 7) is 1.45. The zero-order valence-corrected chi connectivity index (χ0v) is 28.8. The van der Waals surface area contributed by atoms with Gasteiger partial charge in [-0.15, -0.1) is 5.10 Å². The zero-order chi connectivity index (χ0) is 36.3. The number of thiazole rings is 1. The fourth-order valence-electron chi connectivity index (χ4n) is 5.14. The number of benzene rings is 1. The van der Waals surface area contributed by atoms with E-state index in [4.69, 9.17) is 4.74 Å². The Morgan fingerprint density at radius 2 is 1.72 bits per heavy atom. The summed E-state index contributed by atoms with van der Waals surface area (Å²) in [5.74, 6) is 0.0668. The van der Waals surface area contributed by atoms with Crippen LogP contribution in [0.4, 0.5) is 37.3 Å². The number of aryl methyl sites for hydroxylation is 1. The van der Waals surface area contributed by atoms with Crippen molar-refractivity contribution in [3.63, 3.8) is 0 Å². The van der Waals surface area contributed by atoms with Crippen LogP contribution < -0.4 is 14.4 Å². The van der Waals surface area contributed by atoms with E-state index in [1.54, 1.807) is 0 Å². The highest BCUT2D eigenvalue weighted by Crippen LogP contribution is 2.39. The normalized spacial score (nSPS) is 16.6. The number of anilines is 2. The number of aliphatic hydroxyl groups excluding tert-OH is 1. The Morgan fingerprint density at radius 1 is 0.980 bits per heavy atom. The third-order valence-electron chi connectivity index (χ3n) is 8.21. The minimum absolute atomic E-state index is 0.0531. The maximum Gasteiger partial charge on any atom is 0.414 e. The molecule has 4 bridgehead atoms. The Bertz CT molecular complexity index is 1880. The highest BCUT2D eigenvalue weighted by atomic mass is 32.2. The lowest BCUT2D eigenvalue weighted by Gasteiger charge is -2.26. The van der Waals surface area contributed by atoms with Crippen molar-refractivity contribution in [3.8, 4) is 22.1 Å². The molecule has 2 N–H and O–H groups in total. The van der Waals surface area contributed by atoms with Crippen LogP contribution in [-0.2, 0) is 16.4 Å². The van der Waals surface area contributed by atoms with Gasteiger partial charge in [-0.2, -0.15) is 34.8 Å². The molecule has 0 fully saturated rings. The van der Waals surface area contributed by atoms with Crippen LogP contribution in [0, 0.1) is 5.41 Å². The Morgan fingerprint density at radius 3 is 2.46 bits per heavy atom. The lowest BCUT2D eigenvalue weighted by molar-refractivity contribution is -0.219. The number of halogens is 6. The highest BCUT2D eigenvalue weighted by molar-refractivity contribution is 7.92. The van der Waals surface area contributed by atoms with E-state index in [9.17, 15) is 39.9 Å². The van der Waals surface area contributed by atoms with Crippen molar-refractivity contribution in [1.29, 1.82) is 0 Å². The standard InChI is InChI=1S/C32H36F6N6O4S2/c1-30(2,32(36,37)38)20-48-25-16-19-44(41-25)28-27-22-12-7-6-11-21(22)10-5-3-4-8-17-43(18-15-23(45)31(33,34)35)24-13-9-14-26(39-24)50(46,47)42-29(40-27)49-28/h6-7,9,11-14,16,19,23,45H,3-5,8,10,15,17-18,20H2,1-2H3,(H,40,42). The molecule has 1 aromatic carbocycles. The third-order valence-corrected chi connectivity index (χ3v) is 10.5. The predicted octanol–water partition coefficient (Wildman–Crippen LogP) is 7.40. The Labute approximate surface area is 289 Å². The summed E-state index contributed by atoms with van der Waals surface area (Å²) in [4.78, 5) is 10.4. The molecule has 0 saturated heterocycles. The summed E-state index contributed by atoms with van der Waals surface area (Å²) in [6.07, 6.45) is -7.47. The van der Waals surface area contributed by atoms with Gasteiger partial charge in [-0.1, -0.05) is 54.5 Å². The molecular formula is C32H36F6N6O4S2. The van der Waals surface area contributed by atoms with Crippen LogP contribution >= 0.6 is 11.3 Å². The van der Waals surface area contributed by atoms with Crippen molar-refractivity contribution >= 4 is 32.3 Å². The molecule has 1 atom stereocenters. The van der Waals surface area contributed by atoms with Gasteiger partial charge in [0.2, 0.25) is 5.88 Å². The topological polar surface area (TPSA) is 122 Å². The Balaban J connectivity index is 1.51. The number of nitrogens with zero attached hydrogens (tertiary/aromatic N) is 5. The molecule has 0 spiro atoms. The molecule has 0 radical (unpaired) electrons. The minimum Gasteiger partial charge on any atom is -0.476 e. The molecule has 3 aromatic heterocycles. The third kappa shape index (κ3) is 8.87. The van der Waals surface area contributed by atoms with Crippen molar-refractivity contribution in [2.75, 3.05) is 29.3 Å². The number of nitrogens with one attached hydrogen (secondary N) is 1. The van der Waals surface area contributed by atoms with E-state index in [1.165, 1.54) is 40.0 Å². The summed E-state index contributed by atoms with van der Waals surface area (Å²) < 4.78 is 116. The molecule has 4 heterocycles. The quantitative estimate of drug-likeness (QED) is 0.188. The van der Waals surface area contributed by atoms with Gasteiger partial charge in [0.1, 0.15) is 23.1 Å². The first kappa shape index (κ1) is 37.4. The molecule has 50 heavy (non-hydrogen) atoms. The first-order valence-corrected chi connectivity index (χ1v) is 18.1. The van der Waals surface area contributed by atoms with Gasteiger partial charge in [0.15, 0.2) is 16.3 Å². The SMILES string of the molecule is CC(C)(COc1ccn(-c2sc3nc2-c2ccccc2CCCCCCN(CCC(O)C(F)(F)F)c2cccc(n2)S(=O)(=O)N3)n1)C(F)(F)F. The van der Waals surface area contributed by atoms with Gasteiger partial charge in [0.05, 0.1) is 5.41 Å². The van der Waals surface area contributed by atoms with Crippen LogP contribution in [0.5, 0.6) is 5.88 Å². The van der Waals surface area contributed by atoms with Crippen LogP contribution in [0.3, 0.4) is 0 Å². The molecule has 1 unspecified atom stereocenters. The van der Waals surface area contributed by atoms with E-state index in [0.717, 1.165) is 50.0 Å². The molecule has 0 amide bonds. The van der Waals surface area contributed by atoms with Crippen LogP contribution in [0.1, 0.15) is 51.5 Å². The summed E-state index contributed by atoms with van der Waals surface area (Å²) in [7, 11) is -4.38. The molecule has 272 valence electrons. The van der Waals surface area contributed by atoms with Gasteiger partial charge in [-0.3, -0.25) is 4.72 Å². The number of sulfonamides is 1. The molecular weight excluding hydrogens is 711 g/mol. The second-order valence-corrected chi connectivity index (χ2v) is 15.1. The fraction of sp³-hybridized carbons (Fsp3) is 0.469. The molecule has 1 aliphatic rings. The number of hydrogen-bond acceptors (Lipinski definition) is 9. The molecule has 0 aliphatic carbocycles. The number of alkyl halides is 6. The van der Waals surface area contributed by atoms with Crippen molar-refractivity contribution in [1.82, 2.24) is 19.7 Å². The number of ether oxygens (including phenoxy) is 1. The van der Waals surface area contributed by atoms with Gasteiger partial charge in [-0.25, -0.2) is 14.6 Å². The van der Waals surface area contributed by atoms with Crippen LogP contribution in [0.15, 0.2) is 59.8 Å². The van der Waals surface area contributed by atoms with Gasteiger partial charge in [-0.05, 0) is 57.2 Å². The first-order valence-electron chi connectivity index (χ1n) is 15.8. The maximum absolute atomic E-state index is 13.6. The number of aliphatic hydroxyl groups is 1. The summed E-state index contributed by atoms with van der Waals surface area (Å²) in [5.41, 5.74) is -0.123. The van der Waals surface area contributed by atoms with Gasteiger partial charge < -0.3 is 14.7 Å². The van der Waals surface area contributed by atoms with Gasteiger partial charge in [0, 0.05) is 30.9 Å². The first-order chi connectivity index (χ1) is 23.4. The van der Waals surface area contributed by atoms with Crippen LogP contribution in [0.25, 0.3) is 16.3 Å². The molecule has 10 nitrogen and oxygen atoms in total. The summed E-state index contributed by atoms with van der Waals surface area (Å²) in [6, 6.07) is 13.0. The smallest absolute Gasteiger partial charge is 0.414 e. The van der Waals surface area contributed by atoms with Crippen LogP contribution in [0.2, 0.25) is 0 Å². The monoisotopic (exact) mass is 746 g/mol. The average Bonchev–Trinajstić information content (AvgIpc) is 3.69. The van der Waals surface area contributed by atoms with Gasteiger partial charge in [0.25, 0.3) is 10.0 Å². The lowest BCUT2D eigenvalue weighted by Crippen LogP contribution is -2.37. The fourth-order valence-corrected chi connectivity index (χ4v) is 7.26. The second kappa shape index (κ2) is 14.8. The van der Waals surface area contributed by atoms with E-state index < -0.39 is 51.9 Å². The Kier molecular flexibility index (Phi) is 11.0. The van der Waals surface area contributed by atoms with Gasteiger partial charge >= 0.3 is 12.4 Å².